The maximum Gasteiger partial charge on any atom is 0.251 e. The molecule has 2 N–H and O–H groups in total. The Kier molecular flexibility index (Phi) is 2.96. The van der Waals surface area contributed by atoms with E-state index in [0.717, 1.165) is 10.5 Å². The van der Waals surface area contributed by atoms with Crippen LogP contribution in [0.2, 0.25) is 0 Å². The van der Waals surface area contributed by atoms with Gasteiger partial charge in [-0.05, 0) is 25.1 Å². The normalized spacial score (nSPS) is 12.5. The number of aromatic amines is 1. The van der Waals surface area contributed by atoms with Gasteiger partial charge < -0.3 is 5.32 Å². The number of nitrogens with one attached hydrogen (secondary N) is 2. The van der Waals surface area contributed by atoms with Crippen molar-refractivity contribution in [2.45, 2.75) is 13.0 Å². The Morgan fingerprint density at radius 1 is 1.37 bits per heavy atom. The average molecular weight is 273 g/mol. The highest BCUT2D eigenvalue weighted by Crippen LogP contribution is 2.16. The van der Waals surface area contributed by atoms with Crippen LogP contribution in [0.3, 0.4) is 0 Å². The number of carbonyl (C=O) groups excluding carboxylic acids is 1. The predicted octanol–water partition coefficient (Wildman–Crippen LogP) is 1.91. The molecule has 1 amide bonds. The molecule has 2 heterocycles. The summed E-state index contributed by atoms with van der Waals surface area (Å²) in [4.78, 5) is 16.3. The van der Waals surface area contributed by atoms with Crippen molar-refractivity contribution in [3.05, 3.63) is 40.3 Å². The molecule has 96 valence electrons. The zero-order valence-electron chi connectivity index (χ0n) is 10.1. The molecular formula is C12H11N5OS. The minimum absolute atomic E-state index is 0.111. The molecule has 0 bridgehead atoms. The molecule has 0 aliphatic carbocycles. The van der Waals surface area contributed by atoms with Crippen LogP contribution in [0.4, 0.5) is 0 Å². The first kappa shape index (κ1) is 11.8. The first-order valence-electron chi connectivity index (χ1n) is 5.75. The number of rotatable bonds is 3. The van der Waals surface area contributed by atoms with Crippen LogP contribution in [-0.2, 0) is 0 Å². The zero-order valence-corrected chi connectivity index (χ0v) is 10.9. The molecule has 0 spiro atoms. The second-order valence-corrected chi connectivity index (χ2v) is 5.02. The summed E-state index contributed by atoms with van der Waals surface area (Å²) in [6.45, 7) is 1.91. The second kappa shape index (κ2) is 4.77. The first-order chi connectivity index (χ1) is 9.24. The quantitative estimate of drug-likeness (QED) is 0.763. The number of H-pyrrole nitrogens is 1. The van der Waals surface area contributed by atoms with Crippen LogP contribution in [0.1, 0.15) is 28.3 Å². The predicted molar refractivity (Wildman–Crippen MR) is 71.9 cm³/mol. The zero-order chi connectivity index (χ0) is 13.2. The van der Waals surface area contributed by atoms with Crippen LogP contribution in [0, 0.1) is 0 Å². The molecule has 7 heteroatoms. The summed E-state index contributed by atoms with van der Waals surface area (Å²) in [6, 6.07) is 5.10. The summed E-state index contributed by atoms with van der Waals surface area (Å²) in [5.41, 5.74) is 1.98. The Labute approximate surface area is 112 Å². The summed E-state index contributed by atoms with van der Waals surface area (Å²) in [5, 5.41) is 16.1. The Hall–Kier alpha value is -2.28. The van der Waals surface area contributed by atoms with E-state index in [-0.39, 0.29) is 11.9 Å². The Morgan fingerprint density at radius 2 is 2.21 bits per heavy atom. The molecule has 0 saturated carbocycles. The molecule has 19 heavy (non-hydrogen) atoms. The third-order valence-electron chi connectivity index (χ3n) is 2.75. The van der Waals surface area contributed by atoms with Crippen LogP contribution < -0.4 is 5.32 Å². The molecule has 1 atom stereocenters. The lowest BCUT2D eigenvalue weighted by atomic mass is 10.2. The van der Waals surface area contributed by atoms with Gasteiger partial charge in [-0.25, -0.2) is 4.98 Å². The Morgan fingerprint density at radius 3 is 3.00 bits per heavy atom. The van der Waals surface area contributed by atoms with E-state index in [1.54, 1.807) is 24.4 Å². The molecule has 0 aliphatic heterocycles. The lowest BCUT2D eigenvalue weighted by Gasteiger charge is -2.10. The number of carbonyl (C=O) groups is 1. The number of nitrogens with zero attached hydrogens (tertiary/aromatic N) is 3. The van der Waals surface area contributed by atoms with Crippen LogP contribution in [-0.4, -0.2) is 26.3 Å². The van der Waals surface area contributed by atoms with Gasteiger partial charge in [0.15, 0.2) is 0 Å². The van der Waals surface area contributed by atoms with E-state index in [0.29, 0.717) is 11.1 Å². The molecule has 0 saturated heterocycles. The number of hydrogen-bond acceptors (Lipinski definition) is 5. The van der Waals surface area contributed by atoms with Gasteiger partial charge in [0.05, 0.1) is 6.04 Å². The van der Waals surface area contributed by atoms with Crippen molar-refractivity contribution in [2.75, 3.05) is 0 Å². The Bertz CT molecular complexity index is 706. The van der Waals surface area contributed by atoms with Gasteiger partial charge in [-0.15, -0.1) is 11.3 Å². The smallest absolute Gasteiger partial charge is 0.251 e. The maximum absolute atomic E-state index is 12.1. The van der Waals surface area contributed by atoms with Gasteiger partial charge in [-0.2, -0.15) is 15.4 Å². The number of hydrogen-bond donors (Lipinski definition) is 2. The van der Waals surface area contributed by atoms with E-state index in [1.807, 2.05) is 12.3 Å². The second-order valence-electron chi connectivity index (χ2n) is 4.09. The average Bonchev–Trinajstić information content (AvgIpc) is 3.09. The number of aromatic nitrogens is 4. The van der Waals surface area contributed by atoms with Crippen LogP contribution in [0.25, 0.3) is 11.0 Å². The summed E-state index contributed by atoms with van der Waals surface area (Å²) >= 11 is 1.52. The summed E-state index contributed by atoms with van der Waals surface area (Å²) in [5.74, 6) is -0.146. The van der Waals surface area contributed by atoms with Crippen molar-refractivity contribution in [2.24, 2.45) is 0 Å². The molecule has 0 aliphatic rings. The van der Waals surface area contributed by atoms with E-state index in [9.17, 15) is 4.79 Å². The molecular weight excluding hydrogens is 262 g/mol. The monoisotopic (exact) mass is 273 g/mol. The number of benzene rings is 1. The molecule has 3 rings (SSSR count). The van der Waals surface area contributed by atoms with Gasteiger partial charge in [0.25, 0.3) is 5.91 Å². The largest absolute Gasteiger partial charge is 0.343 e. The SMILES string of the molecule is CC(NC(=O)c1ccc2n[nH]nc2c1)c1nccs1. The van der Waals surface area contributed by atoms with Crippen LogP contribution in [0.5, 0.6) is 0 Å². The van der Waals surface area contributed by atoms with Gasteiger partial charge in [0, 0.05) is 17.1 Å². The lowest BCUT2D eigenvalue weighted by Crippen LogP contribution is -2.26. The van der Waals surface area contributed by atoms with Crippen molar-refractivity contribution >= 4 is 28.3 Å². The molecule has 2 aromatic heterocycles. The lowest BCUT2D eigenvalue weighted by molar-refractivity contribution is 0.0940. The minimum Gasteiger partial charge on any atom is -0.343 e. The molecule has 6 nitrogen and oxygen atoms in total. The Balaban J connectivity index is 1.79. The van der Waals surface area contributed by atoms with Crippen molar-refractivity contribution in [1.82, 2.24) is 25.7 Å². The number of fused-ring (bicyclic) bond motifs is 1. The molecule has 3 aromatic rings. The number of amides is 1. The van der Waals surface area contributed by atoms with Crippen molar-refractivity contribution in [1.29, 1.82) is 0 Å². The van der Waals surface area contributed by atoms with Gasteiger partial charge in [0.2, 0.25) is 0 Å². The maximum atomic E-state index is 12.1. The highest BCUT2D eigenvalue weighted by molar-refractivity contribution is 7.09. The van der Waals surface area contributed by atoms with Crippen molar-refractivity contribution in [3.8, 4) is 0 Å². The first-order valence-corrected chi connectivity index (χ1v) is 6.63. The highest BCUT2D eigenvalue weighted by Gasteiger charge is 2.14. The third kappa shape index (κ3) is 2.32. The highest BCUT2D eigenvalue weighted by atomic mass is 32.1. The van der Waals surface area contributed by atoms with E-state index in [2.05, 4.69) is 25.7 Å². The van der Waals surface area contributed by atoms with Gasteiger partial charge in [0.1, 0.15) is 16.0 Å². The third-order valence-corrected chi connectivity index (χ3v) is 3.71. The van der Waals surface area contributed by atoms with E-state index in [1.165, 1.54) is 11.3 Å². The van der Waals surface area contributed by atoms with Crippen LogP contribution >= 0.6 is 11.3 Å². The topological polar surface area (TPSA) is 83.6 Å². The summed E-state index contributed by atoms with van der Waals surface area (Å²) in [6.07, 6.45) is 1.73. The number of thiazole rings is 1. The minimum atomic E-state index is -0.146. The molecule has 0 fully saturated rings. The van der Waals surface area contributed by atoms with Crippen molar-refractivity contribution in [3.63, 3.8) is 0 Å². The van der Waals surface area contributed by atoms with Crippen molar-refractivity contribution < 1.29 is 4.79 Å². The fourth-order valence-corrected chi connectivity index (χ4v) is 2.42. The molecule has 1 unspecified atom stereocenters. The van der Waals surface area contributed by atoms with Crippen LogP contribution in [0.15, 0.2) is 29.8 Å². The van der Waals surface area contributed by atoms with E-state index < -0.39 is 0 Å². The standard InChI is InChI=1S/C12H11N5OS/c1-7(12-13-4-5-19-12)14-11(18)8-2-3-9-10(6-8)16-17-15-9/h2-7H,1H3,(H,14,18)(H,15,16,17). The molecule has 0 radical (unpaired) electrons. The fourth-order valence-electron chi connectivity index (χ4n) is 1.77. The summed E-state index contributed by atoms with van der Waals surface area (Å²) in [7, 11) is 0. The molecule has 1 aromatic carbocycles. The van der Waals surface area contributed by atoms with Gasteiger partial charge in [-0.3, -0.25) is 4.79 Å². The van der Waals surface area contributed by atoms with Gasteiger partial charge >= 0.3 is 0 Å². The summed E-state index contributed by atoms with van der Waals surface area (Å²) < 4.78 is 0. The van der Waals surface area contributed by atoms with Gasteiger partial charge in [-0.1, -0.05) is 0 Å². The van der Waals surface area contributed by atoms with E-state index >= 15 is 0 Å². The van der Waals surface area contributed by atoms with E-state index in [4.69, 9.17) is 0 Å². The fraction of sp³-hybridized carbons (Fsp3) is 0.167.